The molecule has 9 heteroatoms. The van der Waals surface area contributed by atoms with Gasteiger partial charge in [-0.25, -0.2) is 9.97 Å². The molecule has 0 radical (unpaired) electrons. The molecule has 5 aromatic rings. The van der Waals surface area contributed by atoms with E-state index in [0.29, 0.717) is 11.9 Å². The molecule has 156 valence electrons. The van der Waals surface area contributed by atoms with Crippen LogP contribution in [-0.4, -0.2) is 41.2 Å². The van der Waals surface area contributed by atoms with E-state index in [1.54, 1.807) is 22.7 Å². The van der Waals surface area contributed by atoms with E-state index in [1.807, 2.05) is 32.3 Å². The van der Waals surface area contributed by atoms with Crippen molar-refractivity contribution in [3.05, 3.63) is 42.7 Å². The molecule has 31 heavy (non-hydrogen) atoms. The number of pyridine rings is 2. The first-order valence-corrected chi connectivity index (χ1v) is 10.3. The van der Waals surface area contributed by atoms with Crippen LogP contribution in [-0.2, 0) is 14.1 Å². The summed E-state index contributed by atoms with van der Waals surface area (Å²) in [6.45, 7) is 0. The molecule has 6 rings (SSSR count). The molecule has 1 aliphatic rings. The van der Waals surface area contributed by atoms with E-state index in [-0.39, 0.29) is 0 Å². The van der Waals surface area contributed by atoms with Crippen molar-refractivity contribution in [3.8, 4) is 17.1 Å². The number of methoxy groups -OCH3 is 1. The van der Waals surface area contributed by atoms with Gasteiger partial charge in [0.05, 0.1) is 24.4 Å². The number of hydrogen-bond acceptors (Lipinski definition) is 6. The molecule has 1 N–H and O–H groups in total. The van der Waals surface area contributed by atoms with Crippen LogP contribution >= 0.6 is 0 Å². The molecule has 0 unspecified atom stereocenters. The zero-order valence-electron chi connectivity index (χ0n) is 17.6. The Morgan fingerprint density at radius 3 is 2.68 bits per heavy atom. The first-order chi connectivity index (χ1) is 15.1. The van der Waals surface area contributed by atoms with E-state index >= 15 is 0 Å². The van der Waals surface area contributed by atoms with Gasteiger partial charge < -0.3 is 14.6 Å². The molecule has 0 spiro atoms. The molecule has 9 nitrogen and oxygen atoms in total. The topological polar surface area (TPSA) is 87.6 Å². The van der Waals surface area contributed by atoms with Crippen LogP contribution in [0.25, 0.3) is 33.5 Å². The Labute approximate surface area is 178 Å². The fraction of sp³-hybridized carbons (Fsp3) is 0.273. The maximum Gasteiger partial charge on any atom is 0.163 e. The molecule has 0 aliphatic heterocycles. The van der Waals surface area contributed by atoms with Crippen molar-refractivity contribution >= 4 is 33.7 Å². The quantitative estimate of drug-likeness (QED) is 0.471. The van der Waals surface area contributed by atoms with Crippen molar-refractivity contribution in [2.45, 2.75) is 18.9 Å². The normalized spacial score (nSPS) is 13.9. The predicted molar refractivity (Wildman–Crippen MR) is 119 cm³/mol. The minimum atomic E-state index is 0.587. The maximum absolute atomic E-state index is 5.52. The second-order valence-corrected chi connectivity index (χ2v) is 7.94. The van der Waals surface area contributed by atoms with Crippen molar-refractivity contribution in [3.63, 3.8) is 0 Å². The second-order valence-electron chi connectivity index (χ2n) is 7.94. The van der Waals surface area contributed by atoms with Gasteiger partial charge in [0.2, 0.25) is 0 Å². The summed E-state index contributed by atoms with van der Waals surface area (Å²) in [6.07, 6.45) is 6.35. The summed E-state index contributed by atoms with van der Waals surface area (Å²) in [5.41, 5.74) is 3.43. The summed E-state index contributed by atoms with van der Waals surface area (Å²) in [5, 5.41) is 14.3. The van der Waals surface area contributed by atoms with Gasteiger partial charge in [-0.3, -0.25) is 9.36 Å². The lowest BCUT2D eigenvalue weighted by molar-refractivity contribution is 0.419. The zero-order valence-corrected chi connectivity index (χ0v) is 17.6. The van der Waals surface area contributed by atoms with Gasteiger partial charge in [-0.05, 0) is 31.0 Å². The number of fused-ring (bicyclic) bond motifs is 2. The summed E-state index contributed by atoms with van der Waals surface area (Å²) in [4.78, 5) is 9.60. The van der Waals surface area contributed by atoms with E-state index in [9.17, 15) is 0 Å². The van der Waals surface area contributed by atoms with Gasteiger partial charge in [0.15, 0.2) is 5.65 Å². The number of rotatable bonds is 5. The average molecular weight is 414 g/mol. The molecular formula is C22H22N8O. The third kappa shape index (κ3) is 2.92. The van der Waals surface area contributed by atoms with Crippen LogP contribution in [0.15, 0.2) is 42.7 Å². The maximum atomic E-state index is 5.52. The van der Waals surface area contributed by atoms with Crippen LogP contribution in [0.4, 0.5) is 11.6 Å². The van der Waals surface area contributed by atoms with Crippen molar-refractivity contribution in [1.29, 1.82) is 0 Å². The van der Waals surface area contributed by atoms with Gasteiger partial charge in [-0.15, -0.1) is 0 Å². The summed E-state index contributed by atoms with van der Waals surface area (Å²) >= 11 is 0. The highest BCUT2D eigenvalue weighted by Gasteiger charge is 2.25. The average Bonchev–Trinajstić information content (AvgIpc) is 3.27. The third-order valence-corrected chi connectivity index (χ3v) is 5.79. The SMILES string of the molecule is COc1cc(Nc2cc(-c3ccc4ccn(C5CC5)c4n3)nn2C)nc2c1cnn2C. The first-order valence-electron chi connectivity index (χ1n) is 10.3. The van der Waals surface area contributed by atoms with Gasteiger partial charge >= 0.3 is 0 Å². The number of ether oxygens (including phenoxy) is 1. The van der Waals surface area contributed by atoms with Gasteiger partial charge in [0.1, 0.15) is 28.7 Å². The van der Waals surface area contributed by atoms with Crippen LogP contribution < -0.4 is 10.1 Å². The largest absolute Gasteiger partial charge is 0.496 e. The van der Waals surface area contributed by atoms with Crippen LogP contribution in [0.3, 0.4) is 0 Å². The number of hydrogen-bond donors (Lipinski definition) is 1. The summed E-state index contributed by atoms with van der Waals surface area (Å²) in [5.74, 6) is 2.19. The highest BCUT2D eigenvalue weighted by atomic mass is 16.5. The highest BCUT2D eigenvalue weighted by Crippen LogP contribution is 2.37. The molecule has 1 saturated carbocycles. The smallest absolute Gasteiger partial charge is 0.163 e. The minimum Gasteiger partial charge on any atom is -0.496 e. The molecule has 0 bridgehead atoms. The molecule has 1 aliphatic carbocycles. The van der Waals surface area contributed by atoms with Crippen LogP contribution in [0.2, 0.25) is 0 Å². The molecule has 5 aromatic heterocycles. The second kappa shape index (κ2) is 6.56. The van der Waals surface area contributed by atoms with Gasteiger partial charge in [0.25, 0.3) is 0 Å². The Kier molecular flexibility index (Phi) is 3.80. The van der Waals surface area contributed by atoms with Crippen molar-refractivity contribution in [1.82, 2.24) is 34.1 Å². The monoisotopic (exact) mass is 414 g/mol. The Bertz CT molecular complexity index is 1440. The predicted octanol–water partition coefficient (Wildman–Crippen LogP) is 3.81. The number of anilines is 2. The van der Waals surface area contributed by atoms with Crippen LogP contribution in [0.5, 0.6) is 5.75 Å². The van der Waals surface area contributed by atoms with Crippen LogP contribution in [0.1, 0.15) is 18.9 Å². The fourth-order valence-corrected chi connectivity index (χ4v) is 3.98. The van der Waals surface area contributed by atoms with E-state index < -0.39 is 0 Å². The Hall–Kier alpha value is -3.88. The molecule has 5 heterocycles. The molecule has 0 atom stereocenters. The Balaban J connectivity index is 1.36. The third-order valence-electron chi connectivity index (χ3n) is 5.79. The number of nitrogens with one attached hydrogen (secondary N) is 1. The van der Waals surface area contributed by atoms with Crippen molar-refractivity contribution in [2.75, 3.05) is 12.4 Å². The number of aromatic nitrogens is 7. The lowest BCUT2D eigenvalue weighted by Crippen LogP contribution is -2.02. The summed E-state index contributed by atoms with van der Waals surface area (Å²) in [6, 6.07) is 10.7. The van der Waals surface area contributed by atoms with E-state index in [0.717, 1.165) is 45.0 Å². The molecule has 1 fully saturated rings. The number of aryl methyl sites for hydroxylation is 2. The lowest BCUT2D eigenvalue weighted by Gasteiger charge is -2.08. The minimum absolute atomic E-state index is 0.587. The van der Waals surface area contributed by atoms with E-state index in [1.165, 1.54) is 12.8 Å². The van der Waals surface area contributed by atoms with Crippen molar-refractivity contribution in [2.24, 2.45) is 14.1 Å². The fourth-order valence-electron chi connectivity index (χ4n) is 3.98. The molecular weight excluding hydrogens is 392 g/mol. The van der Waals surface area contributed by atoms with Gasteiger partial charge in [-0.2, -0.15) is 10.2 Å². The standard InChI is InChI=1S/C22H22N8O/c1-28-20(25-19-11-18(31-3)15-12-23-29(2)22(15)26-19)10-17(27-28)16-7-4-13-8-9-30(14-5-6-14)21(13)24-16/h4,7-12,14H,5-6H2,1-3H3,(H,25,26). The van der Waals surface area contributed by atoms with Crippen molar-refractivity contribution < 1.29 is 4.74 Å². The van der Waals surface area contributed by atoms with E-state index in [2.05, 4.69) is 43.4 Å². The Morgan fingerprint density at radius 2 is 1.87 bits per heavy atom. The molecule has 0 amide bonds. The first kappa shape index (κ1) is 17.9. The summed E-state index contributed by atoms with van der Waals surface area (Å²) in [7, 11) is 5.41. The lowest BCUT2D eigenvalue weighted by atomic mass is 10.2. The molecule has 0 saturated heterocycles. The number of nitrogens with zero attached hydrogens (tertiary/aromatic N) is 7. The zero-order chi connectivity index (χ0) is 21.1. The van der Waals surface area contributed by atoms with Gasteiger partial charge in [-0.1, -0.05) is 0 Å². The highest BCUT2D eigenvalue weighted by molar-refractivity contribution is 5.85. The van der Waals surface area contributed by atoms with Gasteiger partial charge in [0, 0.05) is 43.9 Å². The summed E-state index contributed by atoms with van der Waals surface area (Å²) < 4.78 is 11.3. The Morgan fingerprint density at radius 1 is 1.00 bits per heavy atom. The van der Waals surface area contributed by atoms with Crippen LogP contribution in [0, 0.1) is 0 Å². The molecule has 0 aromatic carbocycles. The van der Waals surface area contributed by atoms with E-state index in [4.69, 9.17) is 9.72 Å².